The molecule has 100 valence electrons. The van der Waals surface area contributed by atoms with Crippen LogP contribution in [0.5, 0.6) is 0 Å². The van der Waals surface area contributed by atoms with Crippen molar-refractivity contribution in [2.75, 3.05) is 5.73 Å². The monoisotopic (exact) mass is 257 g/mol. The molecular weight excluding hydrogens is 238 g/mol. The number of benzene rings is 1. The fraction of sp³-hybridized carbons (Fsp3) is 0.500. The number of aryl methyl sites for hydroxylation is 1. The molecule has 1 aromatic heterocycles. The van der Waals surface area contributed by atoms with E-state index in [0.29, 0.717) is 5.92 Å². The van der Waals surface area contributed by atoms with Crippen LogP contribution < -0.4 is 5.73 Å². The van der Waals surface area contributed by atoms with Crippen LogP contribution in [0.4, 0.5) is 5.69 Å². The zero-order chi connectivity index (χ0) is 13.2. The van der Waals surface area contributed by atoms with Crippen LogP contribution in [0.2, 0.25) is 0 Å². The zero-order valence-corrected chi connectivity index (χ0v) is 11.2. The second kappa shape index (κ2) is 4.99. The van der Waals surface area contributed by atoms with Crippen molar-refractivity contribution in [2.24, 2.45) is 0 Å². The first kappa shape index (κ1) is 12.1. The van der Waals surface area contributed by atoms with Gasteiger partial charge in [-0.2, -0.15) is 4.68 Å². The third-order valence-electron chi connectivity index (χ3n) is 3.93. The van der Waals surface area contributed by atoms with E-state index in [1.807, 2.05) is 22.9 Å². The molecule has 0 aliphatic heterocycles. The molecule has 1 heterocycles. The molecule has 1 fully saturated rings. The molecule has 1 saturated carbocycles. The minimum absolute atomic E-state index is 0.476. The molecule has 19 heavy (non-hydrogen) atoms. The largest absolute Gasteiger partial charge is 0.399 e. The zero-order valence-electron chi connectivity index (χ0n) is 11.2. The van der Waals surface area contributed by atoms with Crippen molar-refractivity contribution < 1.29 is 0 Å². The normalized spacial score (nSPS) is 16.7. The molecule has 0 unspecified atom stereocenters. The van der Waals surface area contributed by atoms with Gasteiger partial charge in [0.25, 0.3) is 0 Å². The first-order chi connectivity index (χ1) is 9.25. The maximum Gasteiger partial charge on any atom is 0.159 e. The molecule has 0 spiro atoms. The molecular formula is C14H19N5. The second-order valence-electron chi connectivity index (χ2n) is 5.33. The summed E-state index contributed by atoms with van der Waals surface area (Å²) in [5.41, 5.74) is 8.75. The highest BCUT2D eigenvalue weighted by atomic mass is 15.5. The molecule has 1 aliphatic carbocycles. The maximum absolute atomic E-state index is 5.88. The third kappa shape index (κ3) is 2.32. The lowest BCUT2D eigenvalue weighted by Crippen LogP contribution is -2.13. The number of nitrogens with two attached hydrogens (primary N) is 1. The molecule has 5 nitrogen and oxygen atoms in total. The summed E-state index contributed by atoms with van der Waals surface area (Å²) in [7, 11) is 0. The lowest BCUT2D eigenvalue weighted by molar-refractivity contribution is 0.422. The van der Waals surface area contributed by atoms with Crippen LogP contribution in [0, 0.1) is 6.92 Å². The van der Waals surface area contributed by atoms with Gasteiger partial charge in [-0.05, 0) is 47.9 Å². The third-order valence-corrected chi connectivity index (χ3v) is 3.93. The number of tetrazole rings is 1. The highest BCUT2D eigenvalue weighted by Gasteiger charge is 2.22. The van der Waals surface area contributed by atoms with Gasteiger partial charge in [0.2, 0.25) is 0 Å². The maximum atomic E-state index is 5.88. The summed E-state index contributed by atoms with van der Waals surface area (Å²) in [5, 5.41) is 12.3. The summed E-state index contributed by atoms with van der Waals surface area (Å²) in [6, 6.07) is 5.86. The molecule has 5 heteroatoms. The molecule has 1 aromatic carbocycles. The highest BCUT2D eigenvalue weighted by Crippen LogP contribution is 2.32. The van der Waals surface area contributed by atoms with Gasteiger partial charge >= 0.3 is 0 Å². The van der Waals surface area contributed by atoms with E-state index in [9.17, 15) is 0 Å². The van der Waals surface area contributed by atoms with Crippen LogP contribution >= 0.6 is 0 Å². The molecule has 1 aliphatic rings. The summed E-state index contributed by atoms with van der Waals surface area (Å²) in [6.45, 7) is 2.06. The minimum atomic E-state index is 0.476. The van der Waals surface area contributed by atoms with Gasteiger partial charge in [0.15, 0.2) is 5.82 Å². The molecule has 0 atom stereocenters. The van der Waals surface area contributed by atoms with Gasteiger partial charge < -0.3 is 5.73 Å². The standard InChI is InChI=1S/C14H19N5/c1-10-7-8-12(15)9-13(10)19-14(16-17-18-19)11-5-3-2-4-6-11/h7-9,11H,2-6,15H2,1H3. The Morgan fingerprint density at radius 2 is 2.00 bits per heavy atom. The van der Waals surface area contributed by atoms with Gasteiger partial charge in [-0.25, -0.2) is 0 Å². The number of aromatic nitrogens is 4. The lowest BCUT2D eigenvalue weighted by atomic mass is 9.88. The van der Waals surface area contributed by atoms with E-state index in [1.54, 1.807) is 0 Å². The van der Waals surface area contributed by atoms with Crippen LogP contribution in [-0.2, 0) is 0 Å². The average molecular weight is 257 g/mol. The first-order valence-corrected chi connectivity index (χ1v) is 6.90. The van der Waals surface area contributed by atoms with E-state index in [2.05, 4.69) is 22.4 Å². The predicted molar refractivity (Wildman–Crippen MR) is 74.1 cm³/mol. The van der Waals surface area contributed by atoms with Crippen molar-refractivity contribution in [3.63, 3.8) is 0 Å². The van der Waals surface area contributed by atoms with Gasteiger partial charge in [0.05, 0.1) is 5.69 Å². The molecule has 0 bridgehead atoms. The first-order valence-electron chi connectivity index (χ1n) is 6.90. The number of hydrogen-bond donors (Lipinski definition) is 1. The summed E-state index contributed by atoms with van der Waals surface area (Å²) in [4.78, 5) is 0. The molecule has 0 amide bonds. The Morgan fingerprint density at radius 1 is 1.21 bits per heavy atom. The van der Waals surface area contributed by atoms with E-state index in [4.69, 9.17) is 5.73 Å². The Labute approximate surface area is 112 Å². The van der Waals surface area contributed by atoms with Crippen LogP contribution in [0.25, 0.3) is 5.69 Å². The lowest BCUT2D eigenvalue weighted by Gasteiger charge is -2.21. The molecule has 3 rings (SSSR count). The van der Waals surface area contributed by atoms with Gasteiger partial charge in [-0.1, -0.05) is 25.3 Å². The fourth-order valence-corrected chi connectivity index (χ4v) is 2.84. The molecule has 0 radical (unpaired) electrons. The predicted octanol–water partition coefficient (Wildman–Crippen LogP) is 2.60. The van der Waals surface area contributed by atoms with Crippen molar-refractivity contribution in [1.82, 2.24) is 20.2 Å². The number of hydrogen-bond acceptors (Lipinski definition) is 4. The van der Waals surface area contributed by atoms with E-state index in [1.165, 1.54) is 32.1 Å². The smallest absolute Gasteiger partial charge is 0.159 e. The molecule has 2 aromatic rings. The summed E-state index contributed by atoms with van der Waals surface area (Å²) >= 11 is 0. The topological polar surface area (TPSA) is 69.6 Å². The van der Waals surface area contributed by atoms with E-state index < -0.39 is 0 Å². The minimum Gasteiger partial charge on any atom is -0.399 e. The van der Waals surface area contributed by atoms with Gasteiger partial charge in [0.1, 0.15) is 0 Å². The van der Waals surface area contributed by atoms with E-state index in [0.717, 1.165) is 22.8 Å². The van der Waals surface area contributed by atoms with Crippen LogP contribution in [0.15, 0.2) is 18.2 Å². The molecule has 0 saturated heterocycles. The van der Waals surface area contributed by atoms with Crippen LogP contribution in [0.3, 0.4) is 0 Å². The summed E-state index contributed by atoms with van der Waals surface area (Å²) < 4.78 is 1.86. The fourth-order valence-electron chi connectivity index (χ4n) is 2.84. The number of anilines is 1. The average Bonchev–Trinajstić information content (AvgIpc) is 2.91. The number of nitrogen functional groups attached to an aromatic ring is 1. The quantitative estimate of drug-likeness (QED) is 0.839. The van der Waals surface area contributed by atoms with Gasteiger partial charge in [-0.15, -0.1) is 5.10 Å². The summed E-state index contributed by atoms with van der Waals surface area (Å²) in [6.07, 6.45) is 6.24. The van der Waals surface area contributed by atoms with Crippen molar-refractivity contribution in [3.8, 4) is 5.69 Å². The van der Waals surface area contributed by atoms with Crippen LogP contribution in [-0.4, -0.2) is 20.2 Å². The van der Waals surface area contributed by atoms with Crippen molar-refractivity contribution in [1.29, 1.82) is 0 Å². The van der Waals surface area contributed by atoms with E-state index in [-0.39, 0.29) is 0 Å². The van der Waals surface area contributed by atoms with Crippen molar-refractivity contribution in [2.45, 2.75) is 44.9 Å². The Kier molecular flexibility index (Phi) is 3.19. The number of rotatable bonds is 2. The van der Waals surface area contributed by atoms with E-state index >= 15 is 0 Å². The Balaban J connectivity index is 2.01. The van der Waals surface area contributed by atoms with Crippen LogP contribution in [0.1, 0.15) is 49.4 Å². The van der Waals surface area contributed by atoms with Crippen molar-refractivity contribution in [3.05, 3.63) is 29.6 Å². The second-order valence-corrected chi connectivity index (χ2v) is 5.33. The Morgan fingerprint density at radius 3 is 2.79 bits per heavy atom. The highest BCUT2D eigenvalue weighted by molar-refractivity contribution is 5.52. The Hall–Kier alpha value is -1.91. The SMILES string of the molecule is Cc1ccc(N)cc1-n1nnnc1C1CCCCC1. The van der Waals surface area contributed by atoms with Gasteiger partial charge in [-0.3, -0.25) is 0 Å². The molecule has 2 N–H and O–H groups in total. The Bertz CT molecular complexity index is 569. The summed E-state index contributed by atoms with van der Waals surface area (Å²) in [5.74, 6) is 1.46. The number of nitrogens with zero attached hydrogens (tertiary/aromatic N) is 4. The van der Waals surface area contributed by atoms with Gasteiger partial charge in [0, 0.05) is 11.6 Å². The van der Waals surface area contributed by atoms with Crippen molar-refractivity contribution >= 4 is 5.69 Å².